The first-order valence-electron chi connectivity index (χ1n) is 6.78. The molecule has 0 aliphatic heterocycles. The van der Waals surface area contributed by atoms with Crippen LogP contribution in [0.5, 0.6) is 0 Å². The molecule has 1 aromatic heterocycles. The zero-order valence-electron chi connectivity index (χ0n) is 12.1. The molecule has 0 amide bonds. The van der Waals surface area contributed by atoms with Gasteiger partial charge in [-0.3, -0.25) is 10.2 Å². The number of rotatable bonds is 5. The molecular weight excluding hydrogens is 266 g/mol. The predicted molar refractivity (Wildman–Crippen MR) is 82.8 cm³/mol. The minimum atomic E-state index is -0.147. The number of benzene rings is 1. The van der Waals surface area contributed by atoms with Gasteiger partial charge in [-0.2, -0.15) is 0 Å². The second-order valence-electron chi connectivity index (χ2n) is 5.13. The molecule has 110 valence electrons. The first-order valence-corrected chi connectivity index (χ1v) is 6.78. The number of furan rings is 1. The molecule has 1 heterocycles. The summed E-state index contributed by atoms with van der Waals surface area (Å²) in [6.07, 6.45) is 1.48. The van der Waals surface area contributed by atoms with Gasteiger partial charge in [-0.1, -0.05) is 19.9 Å². The standard InChI is InChI=1S/C16H19N3O2/c1-10(2)11-5-6-13(17)12(8-11)14(20)9-19-16(18)15-4-3-7-21-15/h3-8,10H,9,17H2,1-2H3,(H2,18,19). The van der Waals surface area contributed by atoms with Crippen LogP contribution in [0.1, 0.15) is 41.4 Å². The van der Waals surface area contributed by atoms with E-state index < -0.39 is 0 Å². The Balaban J connectivity index is 2.06. The summed E-state index contributed by atoms with van der Waals surface area (Å²) in [6.45, 7) is 4.13. The monoisotopic (exact) mass is 285 g/mol. The van der Waals surface area contributed by atoms with Crippen LogP contribution in [0, 0.1) is 5.41 Å². The molecule has 0 aliphatic rings. The van der Waals surface area contributed by atoms with Crippen molar-refractivity contribution < 1.29 is 9.21 Å². The molecule has 2 rings (SSSR count). The van der Waals surface area contributed by atoms with Crippen LogP contribution in [0.4, 0.5) is 5.69 Å². The topological polar surface area (TPSA) is 92.1 Å². The number of hydrogen-bond donors (Lipinski definition) is 3. The second kappa shape index (κ2) is 6.26. The van der Waals surface area contributed by atoms with E-state index in [4.69, 9.17) is 15.6 Å². The maximum absolute atomic E-state index is 12.2. The van der Waals surface area contributed by atoms with Gasteiger partial charge in [0, 0.05) is 11.3 Å². The number of ketones is 1. The number of nitrogens with two attached hydrogens (primary N) is 1. The summed E-state index contributed by atoms with van der Waals surface area (Å²) in [5.74, 6) is 0.650. The average Bonchev–Trinajstić information content (AvgIpc) is 2.98. The number of Topliss-reactive ketones (excluding diaryl/α,β-unsaturated/α-hetero) is 1. The lowest BCUT2D eigenvalue weighted by molar-refractivity contribution is 0.0997. The van der Waals surface area contributed by atoms with Gasteiger partial charge < -0.3 is 15.5 Å². The molecule has 2 aromatic rings. The van der Waals surface area contributed by atoms with Crippen LogP contribution >= 0.6 is 0 Å². The van der Waals surface area contributed by atoms with Crippen molar-refractivity contribution >= 4 is 17.3 Å². The molecule has 0 saturated heterocycles. The zero-order valence-corrected chi connectivity index (χ0v) is 12.1. The molecule has 4 N–H and O–H groups in total. The van der Waals surface area contributed by atoms with E-state index in [1.807, 2.05) is 12.1 Å². The molecule has 5 nitrogen and oxygen atoms in total. The van der Waals surface area contributed by atoms with E-state index in [1.54, 1.807) is 18.2 Å². The third-order valence-corrected chi connectivity index (χ3v) is 3.24. The SMILES string of the molecule is CC(C)c1ccc(N)c(C(=O)CNC(=N)c2ccco2)c1. The number of nitrogen functional groups attached to an aromatic ring is 1. The van der Waals surface area contributed by atoms with Crippen molar-refractivity contribution in [3.05, 3.63) is 53.5 Å². The summed E-state index contributed by atoms with van der Waals surface area (Å²) in [4.78, 5) is 12.2. The van der Waals surface area contributed by atoms with Crippen molar-refractivity contribution in [1.29, 1.82) is 5.41 Å². The van der Waals surface area contributed by atoms with E-state index in [1.165, 1.54) is 6.26 Å². The maximum atomic E-state index is 12.2. The molecule has 0 atom stereocenters. The summed E-state index contributed by atoms with van der Waals surface area (Å²) in [5, 5.41) is 10.5. The predicted octanol–water partition coefficient (Wildman–Crippen LogP) is 2.78. The highest BCUT2D eigenvalue weighted by atomic mass is 16.3. The minimum Gasteiger partial charge on any atom is -0.461 e. The Kier molecular flexibility index (Phi) is 4.42. The molecule has 0 bridgehead atoms. The van der Waals surface area contributed by atoms with Gasteiger partial charge in [-0.25, -0.2) is 0 Å². The van der Waals surface area contributed by atoms with Crippen molar-refractivity contribution in [2.24, 2.45) is 0 Å². The fourth-order valence-corrected chi connectivity index (χ4v) is 1.95. The van der Waals surface area contributed by atoms with Crippen LogP contribution in [0.3, 0.4) is 0 Å². The highest BCUT2D eigenvalue weighted by molar-refractivity contribution is 6.05. The Morgan fingerprint density at radius 1 is 1.38 bits per heavy atom. The Hall–Kier alpha value is -2.56. The van der Waals surface area contributed by atoms with Crippen molar-refractivity contribution in [2.75, 3.05) is 12.3 Å². The van der Waals surface area contributed by atoms with Crippen molar-refractivity contribution in [1.82, 2.24) is 5.32 Å². The number of hydrogen-bond acceptors (Lipinski definition) is 4. The highest BCUT2D eigenvalue weighted by Crippen LogP contribution is 2.20. The van der Waals surface area contributed by atoms with Gasteiger partial charge in [0.25, 0.3) is 0 Å². The first-order chi connectivity index (χ1) is 9.99. The lowest BCUT2D eigenvalue weighted by Crippen LogP contribution is -2.29. The Bertz CT molecular complexity index is 646. The first kappa shape index (κ1) is 14.8. The van der Waals surface area contributed by atoms with Gasteiger partial charge in [-0.05, 0) is 35.7 Å². The van der Waals surface area contributed by atoms with Crippen LogP contribution in [-0.2, 0) is 0 Å². The molecule has 0 saturated carbocycles. The molecule has 0 aliphatic carbocycles. The Morgan fingerprint density at radius 3 is 2.76 bits per heavy atom. The van der Waals surface area contributed by atoms with Crippen LogP contribution in [0.2, 0.25) is 0 Å². The second-order valence-corrected chi connectivity index (χ2v) is 5.13. The summed E-state index contributed by atoms with van der Waals surface area (Å²) in [5.41, 5.74) is 7.88. The molecule has 0 unspecified atom stereocenters. The van der Waals surface area contributed by atoms with Crippen LogP contribution in [0.15, 0.2) is 41.0 Å². The number of amidine groups is 1. The van der Waals surface area contributed by atoms with E-state index >= 15 is 0 Å². The van der Waals surface area contributed by atoms with Crippen LogP contribution < -0.4 is 11.1 Å². The van der Waals surface area contributed by atoms with Gasteiger partial charge >= 0.3 is 0 Å². The van der Waals surface area contributed by atoms with Crippen molar-refractivity contribution in [3.63, 3.8) is 0 Å². The lowest BCUT2D eigenvalue weighted by atomic mass is 9.98. The van der Waals surface area contributed by atoms with Crippen molar-refractivity contribution in [3.8, 4) is 0 Å². The molecule has 1 aromatic carbocycles. The van der Waals surface area contributed by atoms with E-state index in [0.29, 0.717) is 22.9 Å². The maximum Gasteiger partial charge on any atom is 0.183 e. The molecular formula is C16H19N3O2. The summed E-state index contributed by atoms with van der Waals surface area (Å²) in [6, 6.07) is 8.85. The number of anilines is 1. The summed E-state index contributed by atoms with van der Waals surface area (Å²) < 4.78 is 5.08. The van der Waals surface area contributed by atoms with Crippen LogP contribution in [-0.4, -0.2) is 18.2 Å². The Labute approximate surface area is 123 Å². The lowest BCUT2D eigenvalue weighted by Gasteiger charge is -2.11. The van der Waals surface area contributed by atoms with E-state index in [2.05, 4.69) is 19.2 Å². The van der Waals surface area contributed by atoms with Crippen LogP contribution in [0.25, 0.3) is 0 Å². The normalized spacial score (nSPS) is 10.6. The zero-order chi connectivity index (χ0) is 15.4. The fraction of sp³-hybridized carbons (Fsp3) is 0.250. The van der Waals surface area contributed by atoms with Gasteiger partial charge in [-0.15, -0.1) is 0 Å². The third kappa shape index (κ3) is 3.51. The van der Waals surface area contributed by atoms with E-state index in [9.17, 15) is 4.79 Å². The number of carbonyl (C=O) groups is 1. The van der Waals surface area contributed by atoms with Gasteiger partial charge in [0.15, 0.2) is 17.4 Å². The molecule has 5 heteroatoms. The minimum absolute atomic E-state index is 0.00524. The largest absolute Gasteiger partial charge is 0.461 e. The van der Waals surface area contributed by atoms with Gasteiger partial charge in [0.1, 0.15) is 0 Å². The van der Waals surface area contributed by atoms with Gasteiger partial charge in [0.2, 0.25) is 0 Å². The van der Waals surface area contributed by atoms with E-state index in [-0.39, 0.29) is 18.2 Å². The summed E-state index contributed by atoms with van der Waals surface area (Å²) >= 11 is 0. The van der Waals surface area contributed by atoms with E-state index in [0.717, 1.165) is 5.56 Å². The quantitative estimate of drug-likeness (QED) is 0.341. The number of nitrogens with one attached hydrogen (secondary N) is 2. The fourth-order valence-electron chi connectivity index (χ4n) is 1.95. The highest BCUT2D eigenvalue weighted by Gasteiger charge is 2.13. The molecule has 21 heavy (non-hydrogen) atoms. The van der Waals surface area contributed by atoms with Crippen molar-refractivity contribution in [2.45, 2.75) is 19.8 Å². The van der Waals surface area contributed by atoms with Gasteiger partial charge in [0.05, 0.1) is 12.8 Å². The third-order valence-electron chi connectivity index (χ3n) is 3.24. The molecule has 0 radical (unpaired) electrons. The smallest absolute Gasteiger partial charge is 0.183 e. The number of carbonyl (C=O) groups excluding carboxylic acids is 1. The Morgan fingerprint density at radius 2 is 2.14 bits per heavy atom. The molecule has 0 fully saturated rings. The summed E-state index contributed by atoms with van der Waals surface area (Å²) in [7, 11) is 0. The average molecular weight is 285 g/mol. The molecule has 0 spiro atoms.